The van der Waals surface area contributed by atoms with Crippen molar-refractivity contribution < 1.29 is 41.4 Å². The molecule has 4 N–H and O–H groups in total. The Balaban J connectivity index is 1.62. The molecule has 0 spiro atoms. The number of sulfone groups is 1. The third-order valence-corrected chi connectivity index (χ3v) is 10.9. The number of hydrogen-bond acceptors (Lipinski definition) is 8. The Labute approximate surface area is 264 Å². The van der Waals surface area contributed by atoms with Crippen LogP contribution in [-0.4, -0.2) is 82.3 Å². The number of rotatable bonds is 14. The van der Waals surface area contributed by atoms with Crippen molar-refractivity contribution in [1.82, 2.24) is 10.0 Å². The van der Waals surface area contributed by atoms with E-state index in [-0.39, 0.29) is 23.8 Å². The van der Waals surface area contributed by atoms with Crippen LogP contribution in [0.2, 0.25) is 0 Å². The number of benzene rings is 3. The van der Waals surface area contributed by atoms with Crippen LogP contribution in [0.25, 0.3) is 10.8 Å². The molecule has 3 aromatic rings. The van der Waals surface area contributed by atoms with E-state index in [4.69, 9.17) is 4.74 Å². The van der Waals surface area contributed by atoms with Gasteiger partial charge in [0.2, 0.25) is 15.9 Å². The molecular formula is C32H40N2O9S2. The van der Waals surface area contributed by atoms with Gasteiger partial charge < -0.3 is 20.3 Å². The van der Waals surface area contributed by atoms with Crippen LogP contribution in [0, 0.1) is 11.8 Å². The predicted octanol–water partition coefficient (Wildman–Crippen LogP) is 2.53. The summed E-state index contributed by atoms with van der Waals surface area (Å²) in [7, 11) is -6.69. The number of nitrogens with one attached hydrogen (secondary N) is 2. The molecule has 1 aliphatic carbocycles. The molecule has 6 atom stereocenters. The van der Waals surface area contributed by atoms with Gasteiger partial charge in [-0.1, -0.05) is 66.7 Å². The van der Waals surface area contributed by atoms with E-state index in [1.54, 1.807) is 67.8 Å². The fraction of sp³-hybridized carbons (Fsp3) is 0.438. The molecule has 1 aliphatic rings. The molecule has 11 nitrogen and oxygen atoms in total. The molecule has 6 unspecified atom stereocenters. The molecule has 1 saturated carbocycles. The van der Waals surface area contributed by atoms with Crippen molar-refractivity contribution in [3.8, 4) is 0 Å². The number of carbonyl (C=O) groups is 2. The van der Waals surface area contributed by atoms with Crippen molar-refractivity contribution in [2.24, 2.45) is 11.8 Å². The number of carbonyl (C=O) groups excluding carboxylic acids is 1. The van der Waals surface area contributed by atoms with Crippen LogP contribution >= 0.6 is 0 Å². The lowest BCUT2D eigenvalue weighted by molar-refractivity contribution is -0.147. The molecule has 1 fully saturated rings. The Hall–Kier alpha value is -3.36. The first-order chi connectivity index (χ1) is 21.3. The second-order valence-corrected chi connectivity index (χ2v) is 15.5. The molecular weight excluding hydrogens is 620 g/mol. The molecule has 0 aliphatic heterocycles. The minimum atomic E-state index is -4.20. The number of methoxy groups -OCH3 is 1. The molecule has 3 aromatic carbocycles. The summed E-state index contributed by atoms with van der Waals surface area (Å²) in [5.41, 5.74) is 0.756. The number of hydrogen-bond donors (Lipinski definition) is 4. The van der Waals surface area contributed by atoms with Crippen molar-refractivity contribution in [3.05, 3.63) is 78.4 Å². The highest BCUT2D eigenvalue weighted by atomic mass is 32.2. The van der Waals surface area contributed by atoms with Crippen LogP contribution in [0.4, 0.5) is 0 Å². The van der Waals surface area contributed by atoms with Gasteiger partial charge in [0.1, 0.15) is 6.04 Å². The zero-order chi connectivity index (χ0) is 32.8. The minimum absolute atomic E-state index is 0.0348. The first-order valence-corrected chi connectivity index (χ1v) is 18.3. The third-order valence-electron chi connectivity index (χ3n) is 8.36. The van der Waals surface area contributed by atoms with E-state index in [9.17, 15) is 36.6 Å². The van der Waals surface area contributed by atoms with E-state index in [0.29, 0.717) is 30.0 Å². The van der Waals surface area contributed by atoms with Crippen LogP contribution in [0.15, 0.2) is 77.7 Å². The number of carboxylic acids is 1. The fourth-order valence-corrected chi connectivity index (χ4v) is 8.60. The van der Waals surface area contributed by atoms with Crippen LogP contribution in [0.5, 0.6) is 0 Å². The van der Waals surface area contributed by atoms with Crippen molar-refractivity contribution in [1.29, 1.82) is 0 Å². The van der Waals surface area contributed by atoms with Gasteiger partial charge in [-0.25, -0.2) is 21.6 Å². The smallest absolute Gasteiger partial charge is 0.306 e. The number of aliphatic hydroxyl groups is 1. The van der Waals surface area contributed by atoms with Crippen LogP contribution in [0.1, 0.15) is 31.2 Å². The first kappa shape index (κ1) is 34.5. The maximum atomic E-state index is 13.7. The second-order valence-electron chi connectivity index (χ2n) is 11.7. The van der Waals surface area contributed by atoms with Gasteiger partial charge in [-0.3, -0.25) is 9.59 Å². The Morgan fingerprint density at radius 3 is 2.29 bits per heavy atom. The van der Waals surface area contributed by atoms with E-state index in [0.717, 1.165) is 11.8 Å². The molecule has 13 heteroatoms. The van der Waals surface area contributed by atoms with Gasteiger partial charge in [-0.2, -0.15) is 0 Å². The third kappa shape index (κ3) is 9.33. The van der Waals surface area contributed by atoms with Gasteiger partial charge in [0.15, 0.2) is 9.84 Å². The van der Waals surface area contributed by atoms with Crippen molar-refractivity contribution in [2.75, 3.05) is 19.1 Å². The number of amides is 1. The largest absolute Gasteiger partial charge is 0.481 e. The Bertz CT molecular complexity index is 1690. The van der Waals surface area contributed by atoms with Gasteiger partial charge in [0.25, 0.3) is 0 Å². The van der Waals surface area contributed by atoms with Crippen LogP contribution in [0.3, 0.4) is 0 Å². The summed E-state index contributed by atoms with van der Waals surface area (Å²) < 4.78 is 59.5. The van der Waals surface area contributed by atoms with Crippen molar-refractivity contribution in [3.63, 3.8) is 0 Å². The van der Waals surface area contributed by atoms with E-state index < -0.39 is 67.5 Å². The number of aliphatic carboxylic acids is 1. The molecule has 0 aromatic heterocycles. The Morgan fingerprint density at radius 1 is 0.956 bits per heavy atom. The summed E-state index contributed by atoms with van der Waals surface area (Å²) in [6, 6.07) is 17.8. The lowest BCUT2D eigenvalue weighted by atomic mass is 9.74. The van der Waals surface area contributed by atoms with Crippen molar-refractivity contribution >= 4 is 42.5 Å². The number of fused-ring (bicyclic) bond motifs is 1. The number of aliphatic hydroxyl groups excluding tert-OH is 1. The number of ether oxygens (including phenoxy) is 1. The molecule has 45 heavy (non-hydrogen) atoms. The highest BCUT2D eigenvalue weighted by molar-refractivity contribution is 7.92. The maximum Gasteiger partial charge on any atom is 0.306 e. The standard InChI is InChI=1S/C32H40N2O9S2/c1-43-24-15-16-26(32(37)38)23(18-24)19-29(35)27(17-21-9-4-3-5-10-21)33-31(36)28(34-44(2,39)40)20-45(41,42)30-14-8-12-22-11-6-7-13-25(22)30/h3-14,23-24,26-29,34-35H,15-20H2,1-2H3,(H,33,36)(H,37,38). The molecule has 1 amide bonds. The average Bonchev–Trinajstić information content (AvgIpc) is 2.99. The average molecular weight is 661 g/mol. The summed E-state index contributed by atoms with van der Waals surface area (Å²) in [6.07, 6.45) is 0.975. The fourth-order valence-electron chi connectivity index (χ4n) is 6.13. The molecule has 0 bridgehead atoms. The molecule has 244 valence electrons. The number of sulfonamides is 1. The summed E-state index contributed by atoms with van der Waals surface area (Å²) in [5, 5.41) is 25.1. The van der Waals surface area contributed by atoms with Gasteiger partial charge in [0.05, 0.1) is 41.1 Å². The summed E-state index contributed by atoms with van der Waals surface area (Å²) in [4.78, 5) is 25.7. The lowest BCUT2D eigenvalue weighted by Gasteiger charge is -2.36. The second kappa shape index (κ2) is 14.8. The monoisotopic (exact) mass is 660 g/mol. The summed E-state index contributed by atoms with van der Waals surface area (Å²) in [5.74, 6) is -3.92. The topological polar surface area (TPSA) is 176 Å². The molecule has 0 saturated heterocycles. The Kier molecular flexibility index (Phi) is 11.4. The lowest BCUT2D eigenvalue weighted by Crippen LogP contribution is -2.55. The molecule has 0 heterocycles. The van der Waals surface area contributed by atoms with E-state index in [2.05, 4.69) is 10.0 Å². The molecule has 0 radical (unpaired) electrons. The Morgan fingerprint density at radius 2 is 1.62 bits per heavy atom. The summed E-state index contributed by atoms with van der Waals surface area (Å²) in [6.45, 7) is 0. The van der Waals surface area contributed by atoms with Gasteiger partial charge in [-0.05, 0) is 55.0 Å². The van der Waals surface area contributed by atoms with Crippen LogP contribution < -0.4 is 10.0 Å². The van der Waals surface area contributed by atoms with Crippen molar-refractivity contribution in [2.45, 2.75) is 61.3 Å². The van der Waals surface area contributed by atoms with Gasteiger partial charge in [0, 0.05) is 12.5 Å². The zero-order valence-electron chi connectivity index (χ0n) is 25.2. The van der Waals surface area contributed by atoms with E-state index >= 15 is 0 Å². The molecule has 4 rings (SSSR count). The highest BCUT2D eigenvalue weighted by Crippen LogP contribution is 2.35. The maximum absolute atomic E-state index is 13.7. The number of carboxylic acid groups (broad SMARTS) is 1. The quantitative estimate of drug-likeness (QED) is 0.202. The SMILES string of the molecule is COC1CCC(C(=O)O)C(CC(O)C(Cc2ccccc2)NC(=O)C(CS(=O)(=O)c2cccc3ccccc23)NS(C)(=O)=O)C1. The van der Waals surface area contributed by atoms with Gasteiger partial charge in [-0.15, -0.1) is 0 Å². The highest BCUT2D eigenvalue weighted by Gasteiger charge is 2.39. The normalized spacial score (nSPS) is 21.1. The van der Waals surface area contributed by atoms with E-state index in [1.165, 1.54) is 6.07 Å². The summed E-state index contributed by atoms with van der Waals surface area (Å²) >= 11 is 0. The predicted molar refractivity (Wildman–Crippen MR) is 170 cm³/mol. The van der Waals surface area contributed by atoms with Crippen LogP contribution in [-0.2, 0) is 40.6 Å². The van der Waals surface area contributed by atoms with Gasteiger partial charge >= 0.3 is 5.97 Å². The zero-order valence-corrected chi connectivity index (χ0v) is 26.8. The first-order valence-electron chi connectivity index (χ1n) is 14.7. The minimum Gasteiger partial charge on any atom is -0.481 e. The van der Waals surface area contributed by atoms with E-state index in [1.807, 2.05) is 6.07 Å².